The van der Waals surface area contributed by atoms with E-state index in [1.807, 2.05) is 73.2 Å². The molecule has 2 aliphatic heterocycles. The first-order valence-electron chi connectivity index (χ1n) is 12.1. The van der Waals surface area contributed by atoms with Gasteiger partial charge in [0.25, 0.3) is 5.91 Å². The lowest BCUT2D eigenvalue weighted by Gasteiger charge is -2.34. The van der Waals surface area contributed by atoms with Gasteiger partial charge in [0.2, 0.25) is 0 Å². The molecule has 6 nitrogen and oxygen atoms in total. The van der Waals surface area contributed by atoms with Crippen molar-refractivity contribution in [1.82, 2.24) is 9.97 Å². The van der Waals surface area contributed by atoms with Crippen LogP contribution in [0.15, 0.2) is 85.5 Å². The molecule has 4 aromatic rings. The van der Waals surface area contributed by atoms with E-state index in [1.165, 1.54) is 5.69 Å². The topological polar surface area (TPSA) is 58.6 Å². The van der Waals surface area contributed by atoms with Crippen LogP contribution in [0.5, 0.6) is 5.75 Å². The summed E-state index contributed by atoms with van der Waals surface area (Å²) in [4.78, 5) is 25.7. The predicted octanol–water partition coefficient (Wildman–Crippen LogP) is 6.01. The van der Waals surface area contributed by atoms with Crippen LogP contribution in [0.4, 0.5) is 11.4 Å². The summed E-state index contributed by atoms with van der Waals surface area (Å²) in [7, 11) is 0. The number of aromatic nitrogens is 2. The van der Waals surface area contributed by atoms with Gasteiger partial charge in [0, 0.05) is 67.7 Å². The third-order valence-corrected chi connectivity index (χ3v) is 7.22. The molecule has 4 heterocycles. The first kappa shape index (κ1) is 22.6. The Bertz CT molecular complexity index is 1400. The molecule has 6 rings (SSSR count). The smallest absolute Gasteiger partial charge is 0.260 e. The Hall–Kier alpha value is -3.90. The molecule has 1 fully saturated rings. The number of hydrogen-bond donors (Lipinski definition) is 0. The molecule has 0 bridgehead atoms. The maximum atomic E-state index is 13.1. The molecule has 0 atom stereocenters. The van der Waals surface area contributed by atoms with Crippen LogP contribution in [0.3, 0.4) is 0 Å². The van der Waals surface area contributed by atoms with E-state index < -0.39 is 0 Å². The molecule has 180 valence electrons. The fourth-order valence-corrected chi connectivity index (χ4v) is 5.31. The number of anilines is 2. The number of hydrogen-bond acceptors (Lipinski definition) is 5. The van der Waals surface area contributed by atoms with Crippen molar-refractivity contribution in [2.75, 3.05) is 22.9 Å². The van der Waals surface area contributed by atoms with E-state index in [1.54, 1.807) is 17.2 Å². The summed E-state index contributed by atoms with van der Waals surface area (Å²) in [5, 5.41) is 0.495. The van der Waals surface area contributed by atoms with Gasteiger partial charge in [-0.25, -0.2) is 0 Å². The maximum absolute atomic E-state index is 13.1. The van der Waals surface area contributed by atoms with Gasteiger partial charge in [-0.1, -0.05) is 35.9 Å². The van der Waals surface area contributed by atoms with Crippen LogP contribution in [0.25, 0.3) is 11.1 Å². The first-order chi connectivity index (χ1) is 17.7. The van der Waals surface area contributed by atoms with Crippen molar-refractivity contribution in [3.05, 3.63) is 102 Å². The number of amides is 1. The van der Waals surface area contributed by atoms with Crippen LogP contribution in [0.2, 0.25) is 5.02 Å². The summed E-state index contributed by atoms with van der Waals surface area (Å²) in [6.07, 6.45) is 9.26. The van der Waals surface area contributed by atoms with Gasteiger partial charge in [0.15, 0.2) is 0 Å². The van der Waals surface area contributed by atoms with Crippen LogP contribution < -0.4 is 14.5 Å². The minimum absolute atomic E-state index is 0.0728. The summed E-state index contributed by atoms with van der Waals surface area (Å²) < 4.78 is 6.50. The van der Waals surface area contributed by atoms with Crippen LogP contribution in [0.1, 0.15) is 28.8 Å². The number of ether oxygens (including phenoxy) is 1. The highest BCUT2D eigenvalue weighted by molar-refractivity contribution is 6.35. The highest BCUT2D eigenvalue weighted by Crippen LogP contribution is 2.37. The van der Waals surface area contributed by atoms with Crippen molar-refractivity contribution in [2.45, 2.75) is 25.5 Å². The normalized spacial score (nSPS) is 15.8. The Morgan fingerprint density at radius 1 is 0.889 bits per heavy atom. The fourth-order valence-electron chi connectivity index (χ4n) is 5.03. The Morgan fingerprint density at radius 3 is 2.47 bits per heavy atom. The molecule has 0 spiro atoms. The van der Waals surface area contributed by atoms with Crippen LogP contribution in [-0.4, -0.2) is 35.1 Å². The zero-order valence-corrected chi connectivity index (χ0v) is 20.4. The molecule has 0 radical (unpaired) electrons. The second kappa shape index (κ2) is 9.63. The Morgan fingerprint density at radius 2 is 1.67 bits per heavy atom. The van der Waals surface area contributed by atoms with Gasteiger partial charge in [0.05, 0.1) is 17.1 Å². The number of pyridine rings is 2. The van der Waals surface area contributed by atoms with Crippen molar-refractivity contribution in [3.8, 4) is 16.9 Å². The number of piperidine rings is 1. The van der Waals surface area contributed by atoms with E-state index in [2.05, 4.69) is 14.9 Å². The summed E-state index contributed by atoms with van der Waals surface area (Å²) in [5.74, 6) is 0.736. The van der Waals surface area contributed by atoms with Crippen molar-refractivity contribution >= 4 is 28.9 Å². The lowest BCUT2D eigenvalue weighted by Crippen LogP contribution is -2.38. The lowest BCUT2D eigenvalue weighted by molar-refractivity contribution is 0.0997. The highest BCUT2D eigenvalue weighted by Gasteiger charge is 2.30. The Labute approximate surface area is 215 Å². The summed E-state index contributed by atoms with van der Waals surface area (Å²) in [6.45, 7) is 2.38. The molecule has 2 aliphatic rings. The standard InChI is InChI=1S/C29H25ClN4O2/c30-26-6-2-4-21-19-34(29(35)28(21)26)23-5-1-3-20(17-23)25-18-32-14-9-27(25)36-24-10-15-33(16-11-24)22-7-12-31-13-8-22/h1-9,12-14,17-18,24H,10-11,15-16,19H2. The molecule has 2 aromatic heterocycles. The molecule has 1 saturated heterocycles. The van der Waals surface area contributed by atoms with Crippen molar-refractivity contribution in [1.29, 1.82) is 0 Å². The lowest BCUT2D eigenvalue weighted by atomic mass is 10.0. The van der Waals surface area contributed by atoms with E-state index in [9.17, 15) is 4.79 Å². The quantitative estimate of drug-likeness (QED) is 0.339. The van der Waals surface area contributed by atoms with E-state index in [0.29, 0.717) is 17.1 Å². The maximum Gasteiger partial charge on any atom is 0.260 e. The third-order valence-electron chi connectivity index (χ3n) is 6.90. The number of halogens is 1. The second-order valence-corrected chi connectivity index (χ2v) is 9.50. The molecule has 2 aromatic carbocycles. The van der Waals surface area contributed by atoms with Gasteiger partial charge in [0.1, 0.15) is 11.9 Å². The number of fused-ring (bicyclic) bond motifs is 1. The summed E-state index contributed by atoms with van der Waals surface area (Å²) in [6, 6.07) is 19.6. The first-order valence-corrected chi connectivity index (χ1v) is 12.5. The molecule has 0 unspecified atom stereocenters. The van der Waals surface area contributed by atoms with Gasteiger partial charge in [-0.2, -0.15) is 0 Å². The molecule has 0 aliphatic carbocycles. The molecular formula is C29H25ClN4O2. The minimum atomic E-state index is -0.0728. The zero-order chi connectivity index (χ0) is 24.5. The molecule has 1 amide bonds. The van der Waals surface area contributed by atoms with Gasteiger partial charge >= 0.3 is 0 Å². The van der Waals surface area contributed by atoms with Gasteiger partial charge in [-0.3, -0.25) is 14.8 Å². The largest absolute Gasteiger partial charge is 0.490 e. The third kappa shape index (κ3) is 4.29. The van der Waals surface area contributed by atoms with E-state index >= 15 is 0 Å². The molecule has 0 N–H and O–H groups in total. The number of rotatable bonds is 5. The van der Waals surface area contributed by atoms with E-state index in [0.717, 1.165) is 54.1 Å². The highest BCUT2D eigenvalue weighted by atomic mass is 35.5. The van der Waals surface area contributed by atoms with Crippen LogP contribution in [0, 0.1) is 0 Å². The van der Waals surface area contributed by atoms with Crippen molar-refractivity contribution in [3.63, 3.8) is 0 Å². The molecule has 7 heteroatoms. The van der Waals surface area contributed by atoms with Crippen LogP contribution in [-0.2, 0) is 6.54 Å². The molecular weight excluding hydrogens is 472 g/mol. The van der Waals surface area contributed by atoms with Crippen molar-refractivity contribution in [2.24, 2.45) is 0 Å². The average molecular weight is 497 g/mol. The summed E-state index contributed by atoms with van der Waals surface area (Å²) in [5.41, 5.74) is 5.43. The van der Waals surface area contributed by atoms with Gasteiger partial charge in [-0.15, -0.1) is 0 Å². The monoisotopic (exact) mass is 496 g/mol. The van der Waals surface area contributed by atoms with Crippen LogP contribution >= 0.6 is 11.6 Å². The Balaban J connectivity index is 1.20. The second-order valence-electron chi connectivity index (χ2n) is 9.10. The fraction of sp³-hybridized carbons (Fsp3) is 0.207. The minimum Gasteiger partial charge on any atom is -0.490 e. The number of benzene rings is 2. The number of nitrogens with zero attached hydrogens (tertiary/aromatic N) is 4. The van der Waals surface area contributed by atoms with Gasteiger partial charge in [-0.05, 0) is 47.5 Å². The predicted molar refractivity (Wildman–Crippen MR) is 142 cm³/mol. The van der Waals surface area contributed by atoms with E-state index in [4.69, 9.17) is 16.3 Å². The van der Waals surface area contributed by atoms with E-state index in [-0.39, 0.29) is 12.0 Å². The molecule has 0 saturated carbocycles. The zero-order valence-electron chi connectivity index (χ0n) is 19.7. The molecule has 36 heavy (non-hydrogen) atoms. The number of carbonyl (C=O) groups excluding carboxylic acids is 1. The Kier molecular flexibility index (Phi) is 6.03. The summed E-state index contributed by atoms with van der Waals surface area (Å²) >= 11 is 6.32. The SMILES string of the molecule is O=C1c2c(Cl)cccc2CN1c1cccc(-c2cnccc2OC2CCN(c3ccncc3)CC2)c1. The average Bonchev–Trinajstić information content (AvgIpc) is 3.27. The van der Waals surface area contributed by atoms with Crippen molar-refractivity contribution < 1.29 is 9.53 Å². The number of carbonyl (C=O) groups is 1. The van der Waals surface area contributed by atoms with Gasteiger partial charge < -0.3 is 14.5 Å².